The van der Waals surface area contributed by atoms with Crippen molar-refractivity contribution < 1.29 is 19.7 Å². The van der Waals surface area contributed by atoms with E-state index in [0.717, 1.165) is 12.1 Å². The Morgan fingerprint density at radius 3 is 1.45 bits per heavy atom. The van der Waals surface area contributed by atoms with Gasteiger partial charge in [-0.2, -0.15) is 0 Å². The largest absolute Gasteiger partial charge is 0.284 e. The summed E-state index contributed by atoms with van der Waals surface area (Å²) in [4.78, 5) is 43.7. The molecule has 0 unspecified atom stereocenters. The van der Waals surface area contributed by atoms with Gasteiger partial charge in [-0.05, 0) is 29.7 Å². The third-order valence-electron chi connectivity index (χ3n) is 5.35. The van der Waals surface area contributed by atoms with Gasteiger partial charge >= 0.3 is 0 Å². The first-order chi connectivity index (χ1) is 14.5. The van der Waals surface area contributed by atoms with Gasteiger partial charge < -0.3 is 0 Å². The molecule has 0 amide bonds. The Labute approximate surface area is 171 Å². The number of nitro groups is 4. The third-order valence-corrected chi connectivity index (χ3v) is 5.35. The van der Waals surface area contributed by atoms with Crippen LogP contribution in [0.4, 0.5) is 22.7 Å². The van der Waals surface area contributed by atoms with Crippen molar-refractivity contribution in [1.82, 2.24) is 0 Å². The zero-order valence-electron chi connectivity index (χ0n) is 16.0. The van der Waals surface area contributed by atoms with Gasteiger partial charge in [0.05, 0.1) is 53.4 Å². The van der Waals surface area contributed by atoms with Gasteiger partial charge in [0.25, 0.3) is 22.7 Å². The van der Waals surface area contributed by atoms with E-state index in [2.05, 4.69) is 0 Å². The summed E-state index contributed by atoms with van der Waals surface area (Å²) in [5.74, 6) is -0.332. The summed E-state index contributed by atoms with van der Waals surface area (Å²) in [6, 6.07) is 5.68. The molecule has 31 heavy (non-hydrogen) atoms. The molecule has 0 radical (unpaired) electrons. The van der Waals surface area contributed by atoms with Crippen LogP contribution < -0.4 is 0 Å². The van der Waals surface area contributed by atoms with Crippen molar-refractivity contribution in [2.45, 2.75) is 19.8 Å². The maximum atomic E-state index is 11.8. The maximum Gasteiger partial charge on any atom is 0.284 e. The van der Waals surface area contributed by atoms with E-state index in [4.69, 9.17) is 0 Å². The van der Waals surface area contributed by atoms with Crippen LogP contribution in [-0.2, 0) is 0 Å². The van der Waals surface area contributed by atoms with Crippen LogP contribution in [-0.4, -0.2) is 19.7 Å². The van der Waals surface area contributed by atoms with Crippen LogP contribution in [0.1, 0.15) is 25.3 Å². The highest BCUT2D eigenvalue weighted by molar-refractivity contribution is 6.30. The second-order valence-corrected chi connectivity index (χ2v) is 7.31. The zero-order valence-corrected chi connectivity index (χ0v) is 16.0. The predicted molar refractivity (Wildman–Crippen MR) is 111 cm³/mol. The maximum absolute atomic E-state index is 11.8. The molecule has 4 rings (SSSR count). The normalized spacial score (nSPS) is 11.6. The van der Waals surface area contributed by atoms with E-state index in [-0.39, 0.29) is 38.2 Å². The Kier molecular flexibility index (Phi) is 4.17. The van der Waals surface area contributed by atoms with E-state index < -0.39 is 42.4 Å². The molecular weight excluding hydrogens is 412 g/mol. The van der Waals surface area contributed by atoms with Gasteiger partial charge in [0.15, 0.2) is 0 Å². The Hall–Kier alpha value is -4.48. The van der Waals surface area contributed by atoms with Gasteiger partial charge in [0.1, 0.15) is 0 Å². The summed E-state index contributed by atoms with van der Waals surface area (Å²) in [5, 5.41) is 47.0. The molecule has 0 heterocycles. The van der Waals surface area contributed by atoms with Crippen LogP contribution >= 0.6 is 0 Å². The molecule has 0 aliphatic carbocycles. The summed E-state index contributed by atoms with van der Waals surface area (Å²) in [7, 11) is 0. The first-order valence-electron chi connectivity index (χ1n) is 8.94. The number of hydrogen-bond donors (Lipinski definition) is 0. The molecule has 12 heteroatoms. The average Bonchev–Trinajstić information content (AvgIpc) is 2.69. The molecule has 0 aliphatic rings. The van der Waals surface area contributed by atoms with Crippen LogP contribution in [0.25, 0.3) is 32.3 Å². The van der Waals surface area contributed by atoms with E-state index in [1.165, 1.54) is 18.2 Å². The molecule has 156 valence electrons. The zero-order chi connectivity index (χ0) is 22.8. The first kappa shape index (κ1) is 19.8. The van der Waals surface area contributed by atoms with Crippen molar-refractivity contribution in [1.29, 1.82) is 0 Å². The lowest BCUT2D eigenvalue weighted by Gasteiger charge is -2.17. The summed E-state index contributed by atoms with van der Waals surface area (Å²) in [6.45, 7) is 3.45. The number of benzene rings is 4. The molecule has 4 aromatic rings. The number of non-ortho nitro benzene ring substituents is 4. The van der Waals surface area contributed by atoms with Gasteiger partial charge in [-0.25, -0.2) is 0 Å². The minimum absolute atomic E-state index is 0.00759. The fraction of sp³-hybridized carbons (Fsp3) is 0.158. The molecule has 0 spiro atoms. The number of hydrogen-bond acceptors (Lipinski definition) is 8. The number of nitrogens with zero attached hydrogens (tertiary/aromatic N) is 4. The smallest absolute Gasteiger partial charge is 0.258 e. The average molecular weight is 424 g/mol. The fourth-order valence-corrected chi connectivity index (χ4v) is 4.11. The van der Waals surface area contributed by atoms with E-state index >= 15 is 0 Å². The molecular formula is C19H12N4O8. The number of rotatable bonds is 5. The van der Waals surface area contributed by atoms with Gasteiger partial charge in [-0.1, -0.05) is 13.8 Å². The molecule has 0 atom stereocenters. The molecule has 0 aromatic heterocycles. The van der Waals surface area contributed by atoms with E-state index in [1.807, 2.05) is 0 Å². The molecule has 0 fully saturated rings. The first-order valence-corrected chi connectivity index (χ1v) is 8.94. The lowest BCUT2D eigenvalue weighted by atomic mass is 9.85. The fourth-order valence-electron chi connectivity index (χ4n) is 4.11. The van der Waals surface area contributed by atoms with Gasteiger partial charge in [0, 0.05) is 10.8 Å². The Bertz CT molecular complexity index is 1480. The van der Waals surface area contributed by atoms with Crippen molar-refractivity contribution in [2.24, 2.45) is 0 Å². The molecule has 0 saturated heterocycles. The Balaban J connectivity index is 2.48. The van der Waals surface area contributed by atoms with E-state index in [1.54, 1.807) is 13.8 Å². The van der Waals surface area contributed by atoms with Crippen molar-refractivity contribution in [2.75, 3.05) is 0 Å². The predicted octanol–water partition coefficient (Wildman–Crippen LogP) is 5.34. The summed E-state index contributed by atoms with van der Waals surface area (Å²) < 4.78 is 0. The van der Waals surface area contributed by atoms with Crippen LogP contribution in [0.15, 0.2) is 30.3 Å². The Morgan fingerprint density at radius 1 is 0.581 bits per heavy atom. The highest BCUT2D eigenvalue weighted by Crippen LogP contribution is 2.49. The third kappa shape index (κ3) is 2.68. The summed E-state index contributed by atoms with van der Waals surface area (Å²) in [5.41, 5.74) is -1.83. The summed E-state index contributed by atoms with van der Waals surface area (Å²) >= 11 is 0. The van der Waals surface area contributed by atoms with Crippen LogP contribution in [0.3, 0.4) is 0 Å². The van der Waals surface area contributed by atoms with Crippen molar-refractivity contribution in [3.63, 3.8) is 0 Å². The highest BCUT2D eigenvalue weighted by Gasteiger charge is 2.32. The van der Waals surface area contributed by atoms with Crippen molar-refractivity contribution in [3.05, 3.63) is 76.4 Å². The number of nitro benzene ring substituents is 4. The van der Waals surface area contributed by atoms with Gasteiger partial charge in [0.2, 0.25) is 0 Å². The SMILES string of the molecule is CC(C)c1cc2c([N+](=O)[O-])cc([N+](=O)[O-])c3ccc4c([N+](=O)[O-])cc([N+](=O)[O-])c1c4c32. The molecule has 12 nitrogen and oxygen atoms in total. The molecule has 0 aliphatic heterocycles. The monoisotopic (exact) mass is 424 g/mol. The lowest BCUT2D eigenvalue weighted by molar-refractivity contribution is -0.392. The quantitative estimate of drug-likeness (QED) is 0.234. The standard InChI is InChI=1S/C19H12N4O8/c1-8(2)11-5-12-15(22(28)29)6-13(20(24)25)9-3-4-10-14(21(26)27)7-16(23(30)31)18(11)19(10)17(9)12/h3-8H,1-2H3. The second-order valence-electron chi connectivity index (χ2n) is 7.31. The van der Waals surface area contributed by atoms with Gasteiger partial charge in [-0.15, -0.1) is 0 Å². The van der Waals surface area contributed by atoms with Crippen LogP contribution in [0.5, 0.6) is 0 Å². The molecule has 4 aromatic carbocycles. The molecule has 0 bridgehead atoms. The van der Waals surface area contributed by atoms with Crippen LogP contribution in [0.2, 0.25) is 0 Å². The highest BCUT2D eigenvalue weighted by atomic mass is 16.6. The Morgan fingerprint density at radius 2 is 1.00 bits per heavy atom. The minimum Gasteiger partial charge on any atom is -0.258 e. The van der Waals surface area contributed by atoms with Crippen molar-refractivity contribution >= 4 is 55.1 Å². The van der Waals surface area contributed by atoms with Crippen LogP contribution in [0, 0.1) is 40.5 Å². The second kappa shape index (κ2) is 6.52. The van der Waals surface area contributed by atoms with E-state index in [0.29, 0.717) is 5.56 Å². The lowest BCUT2D eigenvalue weighted by Crippen LogP contribution is -2.03. The van der Waals surface area contributed by atoms with Crippen molar-refractivity contribution in [3.8, 4) is 0 Å². The van der Waals surface area contributed by atoms with Gasteiger partial charge in [-0.3, -0.25) is 40.5 Å². The molecule has 0 N–H and O–H groups in total. The minimum atomic E-state index is -0.787. The topological polar surface area (TPSA) is 173 Å². The summed E-state index contributed by atoms with van der Waals surface area (Å²) in [6.07, 6.45) is 0. The van der Waals surface area contributed by atoms with E-state index in [9.17, 15) is 40.5 Å². The molecule has 0 saturated carbocycles.